The molecule has 1 aromatic heterocycles. The Kier molecular flexibility index (Phi) is 2.77. The van der Waals surface area contributed by atoms with Gasteiger partial charge in [0.2, 0.25) is 0 Å². The number of hydrogen-bond donors (Lipinski definition) is 2. The van der Waals surface area contributed by atoms with E-state index in [0.29, 0.717) is 5.56 Å². The molecule has 0 fully saturated rings. The number of halogens is 2. The van der Waals surface area contributed by atoms with Crippen molar-refractivity contribution in [3.8, 4) is 0 Å². The van der Waals surface area contributed by atoms with Gasteiger partial charge in [-0.15, -0.1) is 0 Å². The fraction of sp³-hybridized carbons (Fsp3) is 0.375. The molecule has 0 aliphatic carbocycles. The normalized spacial score (nSPS) is 10.8. The van der Waals surface area contributed by atoms with E-state index in [1.54, 1.807) is 0 Å². The average Bonchev–Trinajstić information content (AvgIpc) is 2.04. The first kappa shape index (κ1) is 9.85. The van der Waals surface area contributed by atoms with Crippen molar-refractivity contribution in [1.29, 1.82) is 0 Å². The van der Waals surface area contributed by atoms with E-state index in [-0.39, 0.29) is 23.6 Å². The smallest absolute Gasteiger partial charge is 0.280 e. The highest BCUT2D eigenvalue weighted by atomic mass is 19.3. The average molecular weight is 188 g/mol. The predicted octanol–water partition coefficient (Wildman–Crippen LogP) is 1.40. The van der Waals surface area contributed by atoms with E-state index < -0.39 is 6.43 Å². The molecule has 72 valence electrons. The van der Waals surface area contributed by atoms with Crippen LogP contribution in [-0.2, 0) is 6.61 Å². The van der Waals surface area contributed by atoms with E-state index in [2.05, 4.69) is 4.98 Å². The van der Waals surface area contributed by atoms with E-state index in [0.717, 1.165) is 6.20 Å². The molecule has 0 bridgehead atoms. The molecule has 5 heteroatoms. The second kappa shape index (κ2) is 3.66. The maximum absolute atomic E-state index is 12.3. The van der Waals surface area contributed by atoms with Crippen molar-refractivity contribution in [2.24, 2.45) is 0 Å². The molecular formula is C8H10F2N2O. The minimum absolute atomic E-state index is 0.240. The number of nitrogens with zero attached hydrogens (tertiary/aromatic N) is 1. The van der Waals surface area contributed by atoms with E-state index in [1.807, 2.05) is 0 Å². The standard InChI is InChI=1S/C8H10F2N2O/c1-4-5(3-13)6(11)2-12-7(4)8(9)10/h2,8,13H,3,11H2,1H3. The van der Waals surface area contributed by atoms with Crippen LogP contribution in [0.3, 0.4) is 0 Å². The summed E-state index contributed by atoms with van der Waals surface area (Å²) in [5.41, 5.74) is 5.94. The van der Waals surface area contributed by atoms with Gasteiger partial charge >= 0.3 is 0 Å². The zero-order valence-corrected chi connectivity index (χ0v) is 7.09. The monoisotopic (exact) mass is 188 g/mol. The van der Waals surface area contributed by atoms with Gasteiger partial charge in [0, 0.05) is 5.56 Å². The van der Waals surface area contributed by atoms with Crippen molar-refractivity contribution in [3.63, 3.8) is 0 Å². The lowest BCUT2D eigenvalue weighted by atomic mass is 10.1. The number of anilines is 1. The molecule has 13 heavy (non-hydrogen) atoms. The maximum atomic E-state index is 12.3. The number of aliphatic hydroxyl groups is 1. The molecule has 1 rings (SSSR count). The Labute approximate surface area is 74.2 Å². The van der Waals surface area contributed by atoms with Crippen molar-refractivity contribution in [2.75, 3.05) is 5.73 Å². The van der Waals surface area contributed by atoms with Crippen LogP contribution in [0.4, 0.5) is 14.5 Å². The molecule has 0 aliphatic rings. The van der Waals surface area contributed by atoms with Crippen molar-refractivity contribution in [1.82, 2.24) is 4.98 Å². The number of pyridine rings is 1. The number of hydrogen-bond acceptors (Lipinski definition) is 3. The molecule has 0 saturated heterocycles. The van der Waals surface area contributed by atoms with Crippen molar-refractivity contribution >= 4 is 5.69 Å². The third-order valence-electron chi connectivity index (χ3n) is 1.89. The quantitative estimate of drug-likeness (QED) is 0.737. The fourth-order valence-electron chi connectivity index (χ4n) is 1.11. The van der Waals surface area contributed by atoms with Crippen LogP contribution in [0.25, 0.3) is 0 Å². The number of aliphatic hydroxyl groups excluding tert-OH is 1. The van der Waals surface area contributed by atoms with Gasteiger partial charge < -0.3 is 10.8 Å². The van der Waals surface area contributed by atoms with Crippen LogP contribution in [0.1, 0.15) is 23.2 Å². The highest BCUT2D eigenvalue weighted by Crippen LogP contribution is 2.25. The molecule has 0 amide bonds. The molecule has 3 N–H and O–H groups in total. The SMILES string of the molecule is Cc1c(C(F)F)ncc(N)c1CO. The molecule has 0 aliphatic heterocycles. The Morgan fingerprint density at radius 2 is 2.23 bits per heavy atom. The molecule has 3 nitrogen and oxygen atoms in total. The molecule has 0 atom stereocenters. The summed E-state index contributed by atoms with van der Waals surface area (Å²) in [5, 5.41) is 8.85. The van der Waals surface area contributed by atoms with Crippen LogP contribution < -0.4 is 5.73 Å². The van der Waals surface area contributed by atoms with Gasteiger partial charge in [0.05, 0.1) is 18.5 Å². The van der Waals surface area contributed by atoms with Gasteiger partial charge in [-0.1, -0.05) is 0 Å². The molecule has 0 radical (unpaired) electrons. The van der Waals surface area contributed by atoms with Gasteiger partial charge in [0.15, 0.2) is 0 Å². The molecular weight excluding hydrogens is 178 g/mol. The summed E-state index contributed by atoms with van der Waals surface area (Å²) in [5.74, 6) is 0. The Morgan fingerprint density at radius 1 is 1.62 bits per heavy atom. The van der Waals surface area contributed by atoms with Gasteiger partial charge in [-0.2, -0.15) is 0 Å². The van der Waals surface area contributed by atoms with Gasteiger partial charge in [0.1, 0.15) is 5.69 Å². The molecule has 0 unspecified atom stereocenters. The van der Waals surface area contributed by atoms with E-state index in [4.69, 9.17) is 10.8 Å². The Hall–Kier alpha value is -1.23. The first-order valence-electron chi connectivity index (χ1n) is 3.70. The van der Waals surface area contributed by atoms with Gasteiger partial charge in [-0.25, -0.2) is 8.78 Å². The topological polar surface area (TPSA) is 59.1 Å². The van der Waals surface area contributed by atoms with Crippen LogP contribution in [0.2, 0.25) is 0 Å². The highest BCUT2D eigenvalue weighted by Gasteiger charge is 2.16. The number of nitrogens with two attached hydrogens (primary N) is 1. The summed E-state index contributed by atoms with van der Waals surface area (Å²) < 4.78 is 24.6. The maximum Gasteiger partial charge on any atom is 0.280 e. The predicted molar refractivity (Wildman–Crippen MR) is 44.3 cm³/mol. The highest BCUT2D eigenvalue weighted by molar-refractivity contribution is 5.49. The summed E-state index contributed by atoms with van der Waals surface area (Å²) in [6, 6.07) is 0. The van der Waals surface area contributed by atoms with Crippen LogP contribution in [0.5, 0.6) is 0 Å². The minimum Gasteiger partial charge on any atom is -0.397 e. The molecule has 1 heterocycles. The molecule has 0 saturated carbocycles. The zero-order chi connectivity index (χ0) is 10.0. The van der Waals surface area contributed by atoms with Gasteiger partial charge in [-0.3, -0.25) is 4.98 Å². The first-order valence-corrected chi connectivity index (χ1v) is 3.70. The number of aromatic nitrogens is 1. The Morgan fingerprint density at radius 3 is 2.69 bits per heavy atom. The Balaban J connectivity index is 3.27. The zero-order valence-electron chi connectivity index (χ0n) is 7.09. The summed E-state index contributed by atoms with van der Waals surface area (Å²) in [6.45, 7) is 1.12. The second-order valence-electron chi connectivity index (χ2n) is 2.66. The van der Waals surface area contributed by atoms with E-state index in [1.165, 1.54) is 6.92 Å². The summed E-state index contributed by atoms with van der Waals surface area (Å²) in [6.07, 6.45) is -1.49. The molecule has 0 spiro atoms. The van der Waals surface area contributed by atoms with Crippen molar-refractivity contribution < 1.29 is 13.9 Å². The lowest BCUT2D eigenvalue weighted by molar-refractivity contribution is 0.145. The molecule has 1 aromatic rings. The Bertz CT molecular complexity index is 315. The van der Waals surface area contributed by atoms with E-state index >= 15 is 0 Å². The third-order valence-corrected chi connectivity index (χ3v) is 1.89. The summed E-state index contributed by atoms with van der Waals surface area (Å²) in [4.78, 5) is 3.50. The lowest BCUT2D eigenvalue weighted by Crippen LogP contribution is -2.04. The van der Waals surface area contributed by atoms with Crippen LogP contribution in [-0.4, -0.2) is 10.1 Å². The van der Waals surface area contributed by atoms with Gasteiger partial charge in [0.25, 0.3) is 6.43 Å². The first-order chi connectivity index (χ1) is 6.07. The van der Waals surface area contributed by atoms with Crippen LogP contribution >= 0.6 is 0 Å². The van der Waals surface area contributed by atoms with Crippen molar-refractivity contribution in [2.45, 2.75) is 20.0 Å². The number of rotatable bonds is 2. The fourth-order valence-corrected chi connectivity index (χ4v) is 1.11. The summed E-state index contributed by atoms with van der Waals surface area (Å²) >= 11 is 0. The van der Waals surface area contributed by atoms with Crippen LogP contribution in [0.15, 0.2) is 6.20 Å². The van der Waals surface area contributed by atoms with Crippen molar-refractivity contribution in [3.05, 3.63) is 23.0 Å². The summed E-state index contributed by atoms with van der Waals surface area (Å²) in [7, 11) is 0. The molecule has 0 aromatic carbocycles. The number of nitrogen functional groups attached to an aromatic ring is 1. The van der Waals surface area contributed by atoms with Crippen LogP contribution in [0, 0.1) is 6.92 Å². The van der Waals surface area contributed by atoms with E-state index in [9.17, 15) is 8.78 Å². The van der Waals surface area contributed by atoms with Gasteiger partial charge in [-0.05, 0) is 12.5 Å². The minimum atomic E-state index is -2.63. The number of alkyl halides is 2. The second-order valence-corrected chi connectivity index (χ2v) is 2.66. The lowest BCUT2D eigenvalue weighted by Gasteiger charge is -2.10. The largest absolute Gasteiger partial charge is 0.397 e. The third kappa shape index (κ3) is 1.75.